The van der Waals surface area contributed by atoms with Gasteiger partial charge in [0.15, 0.2) is 6.04 Å². The summed E-state index contributed by atoms with van der Waals surface area (Å²) >= 11 is 1.27. The first-order valence-corrected chi connectivity index (χ1v) is 6.10. The Kier molecular flexibility index (Phi) is 3.00. The number of hydrogen-bond donors (Lipinski definition) is 3. The number of aliphatic hydroxyl groups is 1. The largest absolute Gasteiger partial charge is 0.480 e. The standard InChI is InChI=1S/C9H12N2O5S/c1-3(12)10-5-7(14)11-6(9(15)16)4(13)2-17-8(5)11/h4-6,8,13H,2H2,1H3,(H,10,12)(H,15,16)/t4?,5-,6?,8+/m1/s1. The first-order chi connectivity index (χ1) is 7.93. The van der Waals surface area contributed by atoms with Crippen LogP contribution in [0, 0.1) is 0 Å². The van der Waals surface area contributed by atoms with E-state index in [4.69, 9.17) is 5.11 Å². The van der Waals surface area contributed by atoms with Gasteiger partial charge in [0.25, 0.3) is 0 Å². The van der Waals surface area contributed by atoms with E-state index in [1.807, 2.05) is 0 Å². The number of aliphatic carboxylic acids is 1. The minimum atomic E-state index is -1.22. The molecule has 0 spiro atoms. The molecule has 2 fully saturated rings. The topological polar surface area (TPSA) is 107 Å². The van der Waals surface area contributed by atoms with Crippen molar-refractivity contribution < 1.29 is 24.6 Å². The van der Waals surface area contributed by atoms with Crippen molar-refractivity contribution in [2.24, 2.45) is 0 Å². The molecule has 2 rings (SSSR count). The maximum Gasteiger partial charge on any atom is 0.329 e. The molecule has 2 amide bonds. The predicted molar refractivity (Wildman–Crippen MR) is 58.1 cm³/mol. The fourth-order valence-corrected chi connectivity index (χ4v) is 3.42. The van der Waals surface area contributed by atoms with Crippen molar-refractivity contribution in [1.82, 2.24) is 10.2 Å². The van der Waals surface area contributed by atoms with Crippen LogP contribution in [0.3, 0.4) is 0 Å². The van der Waals surface area contributed by atoms with Crippen molar-refractivity contribution in [2.75, 3.05) is 5.75 Å². The number of nitrogens with one attached hydrogen (secondary N) is 1. The number of carbonyl (C=O) groups is 3. The molecular formula is C9H12N2O5S. The van der Waals surface area contributed by atoms with E-state index in [2.05, 4.69) is 5.32 Å². The Hall–Kier alpha value is -1.28. The summed E-state index contributed by atoms with van der Waals surface area (Å²) in [5, 5.41) is 20.6. The van der Waals surface area contributed by atoms with Crippen LogP contribution >= 0.6 is 11.8 Å². The number of fused-ring (bicyclic) bond motifs is 1. The lowest BCUT2D eigenvalue weighted by Gasteiger charge is -2.53. The average Bonchev–Trinajstić information content (AvgIpc) is 2.24. The van der Waals surface area contributed by atoms with Gasteiger partial charge in [0.1, 0.15) is 11.4 Å². The lowest BCUT2D eigenvalue weighted by molar-refractivity contribution is -0.167. The van der Waals surface area contributed by atoms with E-state index < -0.39 is 35.4 Å². The number of carboxylic acid groups (broad SMARTS) is 1. The van der Waals surface area contributed by atoms with Gasteiger partial charge in [-0.25, -0.2) is 4.79 Å². The second-order valence-corrected chi connectivity index (χ2v) is 5.15. The SMILES string of the molecule is CC(=O)N[C@@H]1C(=O)N2C(C(=O)O)C(O)CS[C@@H]12. The van der Waals surface area contributed by atoms with Gasteiger partial charge in [-0.1, -0.05) is 0 Å². The highest BCUT2D eigenvalue weighted by Crippen LogP contribution is 2.38. The van der Waals surface area contributed by atoms with E-state index in [9.17, 15) is 19.5 Å². The number of β-lactam (4-membered cyclic amide) rings is 1. The lowest BCUT2D eigenvalue weighted by atomic mass is 9.99. The van der Waals surface area contributed by atoms with Crippen LogP contribution in [0.2, 0.25) is 0 Å². The molecule has 2 aliphatic rings. The molecule has 0 bridgehead atoms. The van der Waals surface area contributed by atoms with E-state index in [-0.39, 0.29) is 11.7 Å². The Morgan fingerprint density at radius 1 is 1.53 bits per heavy atom. The van der Waals surface area contributed by atoms with Crippen molar-refractivity contribution >= 4 is 29.5 Å². The van der Waals surface area contributed by atoms with Crippen LogP contribution in [-0.4, -0.2) is 62.2 Å². The van der Waals surface area contributed by atoms with Crippen LogP contribution in [0.1, 0.15) is 6.92 Å². The van der Waals surface area contributed by atoms with Gasteiger partial charge in [-0.05, 0) is 0 Å². The van der Waals surface area contributed by atoms with Crippen molar-refractivity contribution in [3.05, 3.63) is 0 Å². The van der Waals surface area contributed by atoms with Crippen molar-refractivity contribution in [2.45, 2.75) is 30.5 Å². The van der Waals surface area contributed by atoms with Gasteiger partial charge in [-0.3, -0.25) is 9.59 Å². The number of carbonyl (C=O) groups excluding carboxylic acids is 2. The van der Waals surface area contributed by atoms with Crippen LogP contribution in [0.5, 0.6) is 0 Å². The molecule has 0 aromatic heterocycles. The Morgan fingerprint density at radius 3 is 2.71 bits per heavy atom. The predicted octanol–water partition coefficient (Wildman–Crippen LogP) is -1.78. The average molecular weight is 260 g/mol. The maximum absolute atomic E-state index is 11.7. The summed E-state index contributed by atoms with van der Waals surface area (Å²) in [5.41, 5.74) is 0. The van der Waals surface area contributed by atoms with Gasteiger partial charge in [-0.15, -0.1) is 11.8 Å². The fourth-order valence-electron chi connectivity index (χ4n) is 2.07. The molecule has 0 aliphatic carbocycles. The highest BCUT2D eigenvalue weighted by molar-refractivity contribution is 8.00. The number of nitrogens with zero attached hydrogens (tertiary/aromatic N) is 1. The third kappa shape index (κ3) is 1.87. The number of amides is 2. The third-order valence-corrected chi connectivity index (χ3v) is 4.17. The molecule has 0 aromatic rings. The van der Waals surface area contributed by atoms with Crippen LogP contribution < -0.4 is 5.32 Å². The van der Waals surface area contributed by atoms with Crippen molar-refractivity contribution in [3.8, 4) is 0 Å². The highest BCUT2D eigenvalue weighted by atomic mass is 32.2. The zero-order chi connectivity index (χ0) is 12.7. The monoisotopic (exact) mass is 260 g/mol. The van der Waals surface area contributed by atoms with Crippen LogP contribution in [0.25, 0.3) is 0 Å². The quantitative estimate of drug-likeness (QED) is 0.507. The van der Waals surface area contributed by atoms with Crippen LogP contribution in [0.15, 0.2) is 0 Å². The molecule has 17 heavy (non-hydrogen) atoms. The first-order valence-electron chi connectivity index (χ1n) is 5.05. The number of rotatable bonds is 2. The molecule has 7 nitrogen and oxygen atoms in total. The second kappa shape index (κ2) is 4.19. The normalized spacial score (nSPS) is 35.9. The number of hydrogen-bond acceptors (Lipinski definition) is 5. The van der Waals surface area contributed by atoms with Gasteiger partial charge in [0.05, 0.1) is 6.10 Å². The van der Waals surface area contributed by atoms with Crippen molar-refractivity contribution in [1.29, 1.82) is 0 Å². The third-order valence-electron chi connectivity index (χ3n) is 2.79. The molecular weight excluding hydrogens is 248 g/mol. The number of aliphatic hydroxyl groups excluding tert-OH is 1. The minimum absolute atomic E-state index is 0.238. The summed E-state index contributed by atoms with van der Waals surface area (Å²) in [6, 6.07) is -1.88. The minimum Gasteiger partial charge on any atom is -0.480 e. The van der Waals surface area contributed by atoms with E-state index >= 15 is 0 Å². The van der Waals surface area contributed by atoms with E-state index in [0.717, 1.165) is 4.90 Å². The van der Waals surface area contributed by atoms with Gasteiger partial charge >= 0.3 is 5.97 Å². The Morgan fingerprint density at radius 2 is 2.18 bits per heavy atom. The van der Waals surface area contributed by atoms with Crippen LogP contribution in [-0.2, 0) is 14.4 Å². The Balaban J connectivity index is 2.14. The number of thioether (sulfide) groups is 1. The summed E-state index contributed by atoms with van der Waals surface area (Å²) in [6.07, 6.45) is -1.07. The molecule has 2 unspecified atom stereocenters. The van der Waals surface area contributed by atoms with Gasteiger partial charge in [-0.2, -0.15) is 0 Å². The highest BCUT2D eigenvalue weighted by Gasteiger charge is 2.57. The summed E-state index contributed by atoms with van der Waals surface area (Å²) in [6.45, 7) is 1.30. The van der Waals surface area contributed by atoms with Crippen LogP contribution in [0.4, 0.5) is 0 Å². The molecule has 4 atom stereocenters. The molecule has 2 aliphatic heterocycles. The maximum atomic E-state index is 11.7. The molecule has 0 aromatic carbocycles. The first kappa shape index (κ1) is 12.2. The zero-order valence-electron chi connectivity index (χ0n) is 8.99. The smallest absolute Gasteiger partial charge is 0.329 e. The zero-order valence-corrected chi connectivity index (χ0v) is 9.81. The Bertz CT molecular complexity index is 388. The molecule has 2 heterocycles. The van der Waals surface area contributed by atoms with E-state index in [0.29, 0.717) is 0 Å². The van der Waals surface area contributed by atoms with Gasteiger partial charge < -0.3 is 20.4 Å². The second-order valence-electron chi connectivity index (χ2n) is 4.00. The van der Waals surface area contributed by atoms with Gasteiger partial charge in [0, 0.05) is 12.7 Å². The molecule has 0 radical (unpaired) electrons. The lowest BCUT2D eigenvalue weighted by Crippen LogP contribution is -2.76. The molecule has 94 valence electrons. The van der Waals surface area contributed by atoms with Gasteiger partial charge in [0.2, 0.25) is 11.8 Å². The molecule has 3 N–H and O–H groups in total. The Labute approximate surface area is 101 Å². The molecule has 8 heteroatoms. The molecule has 2 saturated heterocycles. The summed E-state index contributed by atoms with van der Waals surface area (Å²) < 4.78 is 0. The fraction of sp³-hybridized carbons (Fsp3) is 0.667. The molecule has 0 saturated carbocycles. The van der Waals surface area contributed by atoms with E-state index in [1.54, 1.807) is 0 Å². The summed E-state index contributed by atoms with van der Waals surface area (Å²) in [7, 11) is 0. The summed E-state index contributed by atoms with van der Waals surface area (Å²) in [5.74, 6) is -1.77. The van der Waals surface area contributed by atoms with Crippen molar-refractivity contribution in [3.63, 3.8) is 0 Å². The number of carboxylic acids is 1. The van der Waals surface area contributed by atoms with E-state index in [1.165, 1.54) is 18.7 Å². The summed E-state index contributed by atoms with van der Waals surface area (Å²) in [4.78, 5) is 34.7.